The van der Waals surface area contributed by atoms with Gasteiger partial charge in [0.2, 0.25) is 0 Å². The normalized spacial score (nSPS) is 22.5. The molecule has 0 N–H and O–H groups in total. The summed E-state index contributed by atoms with van der Waals surface area (Å²) in [5, 5.41) is 0. The second-order valence-electron chi connectivity index (χ2n) is 8.04. The van der Waals surface area contributed by atoms with Crippen molar-refractivity contribution in [3.05, 3.63) is 35.9 Å². The van der Waals surface area contributed by atoms with Crippen LogP contribution in [-0.4, -0.2) is 42.1 Å². The molecule has 5 nitrogen and oxygen atoms in total. The highest BCUT2D eigenvalue weighted by molar-refractivity contribution is 5.77. The summed E-state index contributed by atoms with van der Waals surface area (Å²) in [4.78, 5) is 26.8. The lowest BCUT2D eigenvalue weighted by molar-refractivity contribution is -0.165. The Bertz CT molecular complexity index is 608. The third-order valence-corrected chi connectivity index (χ3v) is 4.89. The van der Waals surface area contributed by atoms with Gasteiger partial charge in [-0.05, 0) is 58.6 Å². The van der Waals surface area contributed by atoms with Crippen LogP contribution in [0.5, 0.6) is 0 Å². The van der Waals surface area contributed by atoms with Crippen molar-refractivity contribution >= 4 is 11.9 Å². The summed E-state index contributed by atoms with van der Waals surface area (Å²) < 4.78 is 10.5. The monoisotopic (exact) mass is 361 g/mol. The lowest BCUT2D eigenvalue weighted by Gasteiger charge is -2.42. The first-order valence-corrected chi connectivity index (χ1v) is 9.31. The number of ether oxygens (including phenoxy) is 2. The predicted octanol–water partition coefficient (Wildman–Crippen LogP) is 3.73. The molecular weight excluding hydrogens is 330 g/mol. The fraction of sp³-hybridized carbons (Fsp3) is 0.619. The van der Waals surface area contributed by atoms with Crippen LogP contribution in [0.3, 0.4) is 0 Å². The summed E-state index contributed by atoms with van der Waals surface area (Å²) in [5.74, 6) is -0.295. The predicted molar refractivity (Wildman–Crippen MR) is 101 cm³/mol. The number of hydrogen-bond acceptors (Lipinski definition) is 5. The number of carbonyl (C=O) groups excluding carboxylic acids is 2. The standard InChI is InChI=1S/C21H31NO4/c1-15(17-9-7-6-8-10-17)22-12-11-16(14-19(23)25-5)13-18(22)20(24)26-21(2,3)4/h6-10,15-16,18H,11-14H2,1-5H3/t15-,16+,18+/m0/s1. The molecule has 1 aliphatic heterocycles. The largest absolute Gasteiger partial charge is 0.469 e. The first-order valence-electron chi connectivity index (χ1n) is 9.31. The molecule has 144 valence electrons. The lowest BCUT2D eigenvalue weighted by Crippen LogP contribution is -2.50. The Morgan fingerprint density at radius 1 is 1.23 bits per heavy atom. The Kier molecular flexibility index (Phi) is 6.81. The van der Waals surface area contributed by atoms with Gasteiger partial charge in [0.1, 0.15) is 11.6 Å². The van der Waals surface area contributed by atoms with Crippen molar-refractivity contribution < 1.29 is 19.1 Å². The van der Waals surface area contributed by atoms with E-state index in [1.165, 1.54) is 12.7 Å². The van der Waals surface area contributed by atoms with E-state index in [4.69, 9.17) is 9.47 Å². The molecule has 5 heteroatoms. The highest BCUT2D eigenvalue weighted by Gasteiger charge is 2.39. The third-order valence-electron chi connectivity index (χ3n) is 4.89. The molecule has 0 radical (unpaired) electrons. The molecular formula is C21H31NO4. The van der Waals surface area contributed by atoms with Crippen LogP contribution in [0.1, 0.15) is 58.6 Å². The number of rotatable bonds is 5. The van der Waals surface area contributed by atoms with Crippen LogP contribution in [-0.2, 0) is 19.1 Å². The van der Waals surface area contributed by atoms with Gasteiger partial charge >= 0.3 is 11.9 Å². The number of likely N-dealkylation sites (tertiary alicyclic amines) is 1. The minimum atomic E-state index is -0.534. The molecule has 3 atom stereocenters. The van der Waals surface area contributed by atoms with Crippen LogP contribution in [0.25, 0.3) is 0 Å². The molecule has 1 heterocycles. The van der Waals surface area contributed by atoms with Gasteiger partial charge in [-0.15, -0.1) is 0 Å². The first kappa shape index (κ1) is 20.4. The molecule has 0 spiro atoms. The van der Waals surface area contributed by atoms with Gasteiger partial charge in [0, 0.05) is 12.5 Å². The van der Waals surface area contributed by atoms with Gasteiger partial charge in [0.15, 0.2) is 0 Å². The molecule has 1 fully saturated rings. The summed E-state index contributed by atoms with van der Waals surface area (Å²) in [7, 11) is 1.40. The first-order chi connectivity index (χ1) is 12.2. The molecule has 2 rings (SSSR count). The number of piperidine rings is 1. The Morgan fingerprint density at radius 2 is 1.88 bits per heavy atom. The van der Waals surface area contributed by atoms with E-state index >= 15 is 0 Å². The van der Waals surface area contributed by atoms with Crippen molar-refractivity contribution in [1.82, 2.24) is 4.90 Å². The summed E-state index contributed by atoms with van der Waals surface area (Å²) >= 11 is 0. The molecule has 0 saturated carbocycles. The van der Waals surface area contributed by atoms with Crippen molar-refractivity contribution in [1.29, 1.82) is 0 Å². The zero-order valence-corrected chi connectivity index (χ0v) is 16.5. The van der Waals surface area contributed by atoms with Crippen molar-refractivity contribution in [2.75, 3.05) is 13.7 Å². The number of hydrogen-bond donors (Lipinski definition) is 0. The number of nitrogens with zero attached hydrogens (tertiary/aromatic N) is 1. The highest BCUT2D eigenvalue weighted by Crippen LogP contribution is 2.33. The molecule has 1 aliphatic rings. The van der Waals surface area contributed by atoms with Crippen LogP contribution >= 0.6 is 0 Å². The lowest BCUT2D eigenvalue weighted by atomic mass is 9.86. The Labute approximate surface area is 156 Å². The molecule has 26 heavy (non-hydrogen) atoms. The third kappa shape index (κ3) is 5.56. The van der Waals surface area contributed by atoms with Gasteiger partial charge in [0.05, 0.1) is 7.11 Å². The highest BCUT2D eigenvalue weighted by atomic mass is 16.6. The van der Waals surface area contributed by atoms with E-state index in [9.17, 15) is 9.59 Å². The maximum Gasteiger partial charge on any atom is 0.323 e. The van der Waals surface area contributed by atoms with Gasteiger partial charge in [-0.2, -0.15) is 0 Å². The number of benzene rings is 1. The number of esters is 2. The van der Waals surface area contributed by atoms with Gasteiger partial charge in [-0.25, -0.2) is 0 Å². The van der Waals surface area contributed by atoms with E-state index in [-0.39, 0.29) is 29.9 Å². The number of carbonyl (C=O) groups is 2. The van der Waals surface area contributed by atoms with Gasteiger partial charge in [-0.3, -0.25) is 14.5 Å². The van der Waals surface area contributed by atoms with E-state index < -0.39 is 5.60 Å². The zero-order chi connectivity index (χ0) is 19.3. The van der Waals surface area contributed by atoms with Gasteiger partial charge < -0.3 is 9.47 Å². The van der Waals surface area contributed by atoms with Gasteiger partial charge in [-0.1, -0.05) is 30.3 Å². The van der Waals surface area contributed by atoms with Crippen molar-refractivity contribution in [2.24, 2.45) is 5.92 Å². The topological polar surface area (TPSA) is 55.8 Å². The zero-order valence-electron chi connectivity index (χ0n) is 16.5. The second-order valence-corrected chi connectivity index (χ2v) is 8.04. The van der Waals surface area contributed by atoms with Crippen molar-refractivity contribution in [3.63, 3.8) is 0 Å². The van der Waals surface area contributed by atoms with Crippen molar-refractivity contribution in [2.45, 2.75) is 64.6 Å². The Hall–Kier alpha value is -1.88. The summed E-state index contributed by atoms with van der Waals surface area (Å²) in [6, 6.07) is 9.93. The summed E-state index contributed by atoms with van der Waals surface area (Å²) in [6.45, 7) is 8.51. The van der Waals surface area contributed by atoms with Crippen LogP contribution in [0, 0.1) is 5.92 Å². The van der Waals surface area contributed by atoms with Crippen LogP contribution < -0.4 is 0 Å². The van der Waals surface area contributed by atoms with Crippen LogP contribution in [0.2, 0.25) is 0 Å². The summed E-state index contributed by atoms with van der Waals surface area (Å²) in [5.41, 5.74) is 0.640. The maximum atomic E-state index is 12.9. The van der Waals surface area contributed by atoms with Crippen LogP contribution in [0.15, 0.2) is 30.3 Å². The fourth-order valence-corrected chi connectivity index (χ4v) is 3.55. The van der Waals surface area contributed by atoms with Crippen LogP contribution in [0.4, 0.5) is 0 Å². The minimum absolute atomic E-state index is 0.104. The average Bonchev–Trinajstić information content (AvgIpc) is 2.60. The molecule has 0 unspecified atom stereocenters. The number of methoxy groups -OCH3 is 1. The molecule has 0 aliphatic carbocycles. The smallest absolute Gasteiger partial charge is 0.323 e. The van der Waals surface area contributed by atoms with E-state index in [2.05, 4.69) is 24.0 Å². The molecule has 1 aromatic carbocycles. The summed E-state index contributed by atoms with van der Waals surface area (Å²) in [6.07, 6.45) is 1.83. The Balaban J connectivity index is 2.19. The van der Waals surface area contributed by atoms with Crippen molar-refractivity contribution in [3.8, 4) is 0 Å². The SMILES string of the molecule is COC(=O)C[C@@H]1CCN([C@@H](C)c2ccccc2)[C@@H](C(=O)OC(C)(C)C)C1. The molecule has 1 saturated heterocycles. The maximum absolute atomic E-state index is 12.9. The quantitative estimate of drug-likeness (QED) is 0.748. The molecule has 1 aromatic rings. The molecule has 0 aromatic heterocycles. The Morgan fingerprint density at radius 3 is 2.46 bits per heavy atom. The van der Waals surface area contributed by atoms with E-state index in [0.29, 0.717) is 12.8 Å². The average molecular weight is 361 g/mol. The fourth-order valence-electron chi connectivity index (χ4n) is 3.55. The van der Waals surface area contributed by atoms with E-state index in [1.54, 1.807) is 0 Å². The molecule has 0 bridgehead atoms. The van der Waals surface area contributed by atoms with E-state index in [1.807, 2.05) is 39.0 Å². The second kappa shape index (κ2) is 8.67. The van der Waals surface area contributed by atoms with E-state index in [0.717, 1.165) is 13.0 Å². The minimum Gasteiger partial charge on any atom is -0.469 e. The molecule has 0 amide bonds. The van der Waals surface area contributed by atoms with Gasteiger partial charge in [0.25, 0.3) is 0 Å².